The largest absolute Gasteiger partial charge is 0.345 e. The van der Waals surface area contributed by atoms with Crippen LogP contribution in [0.1, 0.15) is 38.1 Å². The normalized spacial score (nSPS) is 16.7. The van der Waals surface area contributed by atoms with E-state index in [2.05, 4.69) is 26.3 Å². The van der Waals surface area contributed by atoms with Gasteiger partial charge in [-0.15, -0.1) is 5.10 Å². The molecule has 0 spiro atoms. The molecule has 1 N–H and O–H groups in total. The average Bonchev–Trinajstić information content (AvgIpc) is 3.32. The van der Waals surface area contributed by atoms with Crippen LogP contribution in [-0.4, -0.2) is 25.0 Å². The number of hydrogen-bond acceptors (Lipinski definition) is 4. The Hall–Kier alpha value is -2.68. The zero-order valence-corrected chi connectivity index (χ0v) is 12.8. The fourth-order valence-corrected chi connectivity index (χ4v) is 3.67. The summed E-state index contributed by atoms with van der Waals surface area (Å²) in [5.74, 6) is 0.560. The number of aromatic amines is 1. The van der Waals surface area contributed by atoms with Crippen LogP contribution < -0.4 is 0 Å². The molecule has 1 unspecified atom stereocenters. The fourth-order valence-electron chi connectivity index (χ4n) is 3.67. The van der Waals surface area contributed by atoms with Crippen LogP contribution in [0.2, 0.25) is 0 Å². The maximum absolute atomic E-state index is 9.18. The summed E-state index contributed by atoms with van der Waals surface area (Å²) in [7, 11) is 0. The predicted molar refractivity (Wildman–Crippen MR) is 86.3 cm³/mol. The van der Waals surface area contributed by atoms with E-state index in [0.717, 1.165) is 22.2 Å². The SMILES string of the molecule is N#CCC(C1CCCC1)n1cc(-c2cnnc3[nH]ccc23)cn1. The number of rotatable bonds is 4. The molecule has 0 amide bonds. The van der Waals surface area contributed by atoms with Crippen molar-refractivity contribution in [3.63, 3.8) is 0 Å². The van der Waals surface area contributed by atoms with Crippen LogP contribution >= 0.6 is 0 Å². The molecule has 1 aliphatic carbocycles. The number of hydrogen-bond donors (Lipinski definition) is 1. The van der Waals surface area contributed by atoms with Crippen LogP contribution in [0.25, 0.3) is 22.2 Å². The first-order valence-corrected chi connectivity index (χ1v) is 8.07. The number of fused-ring (bicyclic) bond motifs is 1. The molecule has 23 heavy (non-hydrogen) atoms. The molecule has 6 nitrogen and oxygen atoms in total. The van der Waals surface area contributed by atoms with Crippen molar-refractivity contribution >= 4 is 11.0 Å². The van der Waals surface area contributed by atoms with Crippen LogP contribution in [-0.2, 0) is 0 Å². The van der Waals surface area contributed by atoms with Crippen molar-refractivity contribution in [2.75, 3.05) is 0 Å². The third kappa shape index (κ3) is 2.48. The topological polar surface area (TPSA) is 83.2 Å². The summed E-state index contributed by atoms with van der Waals surface area (Å²) in [6.07, 6.45) is 13.0. The van der Waals surface area contributed by atoms with E-state index in [4.69, 9.17) is 0 Å². The molecule has 0 radical (unpaired) electrons. The van der Waals surface area contributed by atoms with Crippen LogP contribution in [0.5, 0.6) is 0 Å². The lowest BCUT2D eigenvalue weighted by Crippen LogP contribution is -2.17. The molecular weight excluding hydrogens is 288 g/mol. The summed E-state index contributed by atoms with van der Waals surface area (Å²) >= 11 is 0. The van der Waals surface area contributed by atoms with E-state index in [9.17, 15) is 5.26 Å². The van der Waals surface area contributed by atoms with Crippen molar-refractivity contribution in [3.8, 4) is 17.2 Å². The zero-order chi connectivity index (χ0) is 15.6. The van der Waals surface area contributed by atoms with Gasteiger partial charge in [-0.3, -0.25) is 4.68 Å². The smallest absolute Gasteiger partial charge is 0.160 e. The first-order chi connectivity index (χ1) is 11.4. The Kier molecular flexibility index (Phi) is 3.54. The standard InChI is InChI=1S/C17H18N6/c18-7-5-16(12-3-1-2-4-12)23-11-13(9-21-23)15-10-20-22-17-14(15)6-8-19-17/h6,8-12,16H,1-5H2,(H,19,22). The molecule has 3 aromatic rings. The van der Waals surface area contributed by atoms with Gasteiger partial charge in [0.15, 0.2) is 5.65 Å². The van der Waals surface area contributed by atoms with Crippen molar-refractivity contribution in [2.45, 2.75) is 38.1 Å². The monoisotopic (exact) mass is 306 g/mol. The summed E-state index contributed by atoms with van der Waals surface area (Å²) < 4.78 is 1.98. The molecular formula is C17H18N6. The van der Waals surface area contributed by atoms with E-state index >= 15 is 0 Å². The molecule has 6 heteroatoms. The molecule has 1 aliphatic rings. The third-order valence-electron chi connectivity index (χ3n) is 4.86. The highest BCUT2D eigenvalue weighted by Gasteiger charge is 2.27. The predicted octanol–water partition coefficient (Wildman–Crippen LogP) is 3.47. The Labute approximate surface area is 134 Å². The molecule has 0 aromatic carbocycles. The van der Waals surface area contributed by atoms with Crippen molar-refractivity contribution in [3.05, 3.63) is 30.9 Å². The van der Waals surface area contributed by atoms with Gasteiger partial charge in [0.05, 0.1) is 30.9 Å². The molecule has 1 fully saturated rings. The highest BCUT2D eigenvalue weighted by molar-refractivity contribution is 5.91. The van der Waals surface area contributed by atoms with Crippen molar-refractivity contribution in [1.82, 2.24) is 25.0 Å². The maximum atomic E-state index is 9.18. The minimum atomic E-state index is 0.174. The lowest BCUT2D eigenvalue weighted by atomic mass is 9.96. The lowest BCUT2D eigenvalue weighted by molar-refractivity contribution is 0.315. The highest BCUT2D eigenvalue weighted by atomic mass is 15.3. The minimum absolute atomic E-state index is 0.174. The van der Waals surface area contributed by atoms with Crippen LogP contribution in [0.15, 0.2) is 30.9 Å². The molecule has 0 aliphatic heterocycles. The molecule has 0 saturated heterocycles. The number of aromatic nitrogens is 5. The Morgan fingerprint density at radius 3 is 3.04 bits per heavy atom. The van der Waals surface area contributed by atoms with Crippen LogP contribution in [0, 0.1) is 17.2 Å². The van der Waals surface area contributed by atoms with Gasteiger partial charge in [0.25, 0.3) is 0 Å². The summed E-state index contributed by atoms with van der Waals surface area (Å²) in [5, 5.41) is 22.9. The molecule has 3 aromatic heterocycles. The van der Waals surface area contributed by atoms with E-state index in [1.165, 1.54) is 25.7 Å². The molecule has 116 valence electrons. The van der Waals surface area contributed by atoms with E-state index < -0.39 is 0 Å². The lowest BCUT2D eigenvalue weighted by Gasteiger charge is -2.21. The van der Waals surface area contributed by atoms with Crippen molar-refractivity contribution in [1.29, 1.82) is 5.26 Å². The highest BCUT2D eigenvalue weighted by Crippen LogP contribution is 2.36. The summed E-state index contributed by atoms with van der Waals surface area (Å²) in [5.41, 5.74) is 2.81. The second kappa shape index (κ2) is 5.84. The molecule has 1 atom stereocenters. The second-order valence-electron chi connectivity index (χ2n) is 6.18. The summed E-state index contributed by atoms with van der Waals surface area (Å²) in [6, 6.07) is 4.50. The van der Waals surface area contributed by atoms with E-state index in [-0.39, 0.29) is 6.04 Å². The van der Waals surface area contributed by atoms with Gasteiger partial charge in [-0.1, -0.05) is 12.8 Å². The van der Waals surface area contributed by atoms with E-state index in [1.54, 1.807) is 6.20 Å². The Morgan fingerprint density at radius 2 is 2.22 bits per heavy atom. The van der Waals surface area contributed by atoms with E-state index in [1.807, 2.05) is 29.3 Å². The van der Waals surface area contributed by atoms with Gasteiger partial charge < -0.3 is 4.98 Å². The van der Waals surface area contributed by atoms with Crippen molar-refractivity contribution in [2.24, 2.45) is 5.92 Å². The fraction of sp³-hybridized carbons (Fsp3) is 0.412. The van der Waals surface area contributed by atoms with Gasteiger partial charge in [-0.25, -0.2) is 0 Å². The maximum Gasteiger partial charge on any atom is 0.160 e. The molecule has 0 bridgehead atoms. The van der Waals surface area contributed by atoms with Gasteiger partial charge in [0.2, 0.25) is 0 Å². The van der Waals surface area contributed by atoms with Crippen LogP contribution in [0.3, 0.4) is 0 Å². The van der Waals surface area contributed by atoms with Gasteiger partial charge >= 0.3 is 0 Å². The number of nitrogens with zero attached hydrogens (tertiary/aromatic N) is 5. The average molecular weight is 306 g/mol. The van der Waals surface area contributed by atoms with Gasteiger partial charge in [0.1, 0.15) is 0 Å². The van der Waals surface area contributed by atoms with E-state index in [0.29, 0.717) is 12.3 Å². The van der Waals surface area contributed by atoms with Gasteiger partial charge in [-0.2, -0.15) is 15.5 Å². The second-order valence-corrected chi connectivity index (χ2v) is 6.18. The molecule has 3 heterocycles. The number of H-pyrrole nitrogens is 1. The molecule has 4 rings (SSSR count). The summed E-state index contributed by atoms with van der Waals surface area (Å²) in [4.78, 5) is 3.08. The number of nitriles is 1. The summed E-state index contributed by atoms with van der Waals surface area (Å²) in [6.45, 7) is 0. The Bertz CT molecular complexity index is 849. The third-order valence-corrected chi connectivity index (χ3v) is 4.86. The first-order valence-electron chi connectivity index (χ1n) is 8.07. The minimum Gasteiger partial charge on any atom is -0.345 e. The van der Waals surface area contributed by atoms with Gasteiger partial charge in [-0.05, 0) is 24.8 Å². The first kappa shape index (κ1) is 13.9. The van der Waals surface area contributed by atoms with Gasteiger partial charge in [0, 0.05) is 28.9 Å². The number of nitrogens with one attached hydrogen (secondary N) is 1. The quantitative estimate of drug-likeness (QED) is 0.800. The zero-order valence-electron chi connectivity index (χ0n) is 12.8. The Morgan fingerprint density at radius 1 is 1.35 bits per heavy atom. The van der Waals surface area contributed by atoms with Crippen molar-refractivity contribution < 1.29 is 0 Å². The molecule has 1 saturated carbocycles. The Balaban J connectivity index is 1.70. The van der Waals surface area contributed by atoms with Crippen LogP contribution in [0.4, 0.5) is 0 Å².